The lowest BCUT2D eigenvalue weighted by Crippen LogP contribution is -1.95. The van der Waals surface area contributed by atoms with Gasteiger partial charge in [-0.15, -0.1) is 0 Å². The summed E-state index contributed by atoms with van der Waals surface area (Å²) in [5, 5.41) is 0. The predicted octanol–water partition coefficient (Wildman–Crippen LogP) is 6.57. The summed E-state index contributed by atoms with van der Waals surface area (Å²) in [6, 6.07) is 0. The van der Waals surface area contributed by atoms with E-state index in [0.29, 0.717) is 0 Å². The lowest BCUT2D eigenvalue weighted by molar-refractivity contribution is 0.622. The van der Waals surface area contributed by atoms with Crippen LogP contribution in [0, 0.1) is 0 Å². The Bertz CT molecular complexity index is 257. The molecule has 0 nitrogen and oxygen atoms in total. The van der Waals surface area contributed by atoms with Gasteiger partial charge in [0.15, 0.2) is 0 Å². The van der Waals surface area contributed by atoms with Crippen LogP contribution in [0.25, 0.3) is 0 Å². The van der Waals surface area contributed by atoms with Crippen LogP contribution >= 0.6 is 0 Å². The molecule has 1 rings (SSSR count). The van der Waals surface area contributed by atoms with Crippen molar-refractivity contribution in [3.63, 3.8) is 0 Å². The maximum absolute atomic E-state index is 2.55. The smallest absolute Gasteiger partial charge is 0.0279 e. The van der Waals surface area contributed by atoms with Crippen molar-refractivity contribution >= 4 is 0 Å². The van der Waals surface area contributed by atoms with E-state index in [4.69, 9.17) is 0 Å². The Morgan fingerprint density at radius 1 is 1.06 bits per heavy atom. The van der Waals surface area contributed by atoms with E-state index in [1.807, 2.05) is 0 Å². The summed E-state index contributed by atoms with van der Waals surface area (Å²) in [4.78, 5) is 0. The molecule has 0 unspecified atom stereocenters. The van der Waals surface area contributed by atoms with Gasteiger partial charge in [0.2, 0.25) is 0 Å². The number of hydrogen-bond donors (Lipinski definition) is 0. The summed E-state index contributed by atoms with van der Waals surface area (Å²) in [5.74, 6) is 0. The lowest BCUT2D eigenvalue weighted by Gasteiger charge is -2.15. The van der Waals surface area contributed by atoms with Gasteiger partial charge in [-0.1, -0.05) is 58.1 Å². The van der Waals surface area contributed by atoms with Crippen molar-refractivity contribution < 1.29 is 0 Å². The molecule has 0 spiro atoms. The van der Waals surface area contributed by atoms with Crippen LogP contribution in [0.4, 0.5) is 0 Å². The fourth-order valence-corrected chi connectivity index (χ4v) is 2.72. The third-order valence-corrected chi connectivity index (χ3v) is 3.95. The van der Waals surface area contributed by atoms with Gasteiger partial charge in [0.05, 0.1) is 0 Å². The molecule has 0 atom stereocenters. The molecular formula is C18H32. The van der Waals surface area contributed by atoms with Gasteiger partial charge in [-0.2, -0.15) is 0 Å². The number of allylic oxidation sites excluding steroid dienone is 4. The lowest BCUT2D eigenvalue weighted by atomic mass is 9.91. The highest BCUT2D eigenvalue weighted by atomic mass is 14.1. The maximum Gasteiger partial charge on any atom is -0.0279 e. The molecule has 0 bridgehead atoms. The molecule has 0 radical (unpaired) electrons. The van der Waals surface area contributed by atoms with Crippen molar-refractivity contribution in [3.05, 3.63) is 23.3 Å². The first-order valence-electron chi connectivity index (χ1n) is 8.27. The first kappa shape index (κ1) is 15.5. The second-order valence-electron chi connectivity index (χ2n) is 5.66. The van der Waals surface area contributed by atoms with Crippen molar-refractivity contribution in [2.75, 3.05) is 0 Å². The Kier molecular flexibility index (Phi) is 8.98. The largest absolute Gasteiger partial charge is 0.0811 e. The Morgan fingerprint density at radius 2 is 1.83 bits per heavy atom. The number of rotatable bonds is 7. The van der Waals surface area contributed by atoms with E-state index in [9.17, 15) is 0 Å². The molecule has 1 aliphatic carbocycles. The molecule has 0 saturated carbocycles. The molecule has 104 valence electrons. The molecule has 0 aliphatic heterocycles. The van der Waals surface area contributed by atoms with Crippen molar-refractivity contribution in [3.8, 4) is 0 Å². The average molecular weight is 248 g/mol. The maximum atomic E-state index is 2.55. The Balaban J connectivity index is 2.62. The highest BCUT2D eigenvalue weighted by molar-refractivity contribution is 5.31. The number of hydrogen-bond acceptors (Lipinski definition) is 0. The second kappa shape index (κ2) is 10.4. The van der Waals surface area contributed by atoms with E-state index >= 15 is 0 Å². The molecule has 0 heterocycles. The molecule has 0 heteroatoms. The summed E-state index contributed by atoms with van der Waals surface area (Å²) >= 11 is 0. The summed E-state index contributed by atoms with van der Waals surface area (Å²) in [6.45, 7) is 4.59. The van der Waals surface area contributed by atoms with Gasteiger partial charge >= 0.3 is 0 Å². The first-order chi connectivity index (χ1) is 8.88. The molecule has 0 aromatic heterocycles. The predicted molar refractivity (Wildman–Crippen MR) is 82.9 cm³/mol. The van der Waals surface area contributed by atoms with Crippen LogP contribution in [-0.4, -0.2) is 0 Å². The topological polar surface area (TPSA) is 0 Å². The van der Waals surface area contributed by atoms with Gasteiger partial charge in [-0.25, -0.2) is 0 Å². The third-order valence-electron chi connectivity index (χ3n) is 3.95. The fraction of sp³-hybridized carbons (Fsp3) is 0.778. The van der Waals surface area contributed by atoms with Crippen LogP contribution in [0.1, 0.15) is 90.9 Å². The van der Waals surface area contributed by atoms with Crippen molar-refractivity contribution in [1.29, 1.82) is 0 Å². The Hall–Kier alpha value is -0.520. The zero-order chi connectivity index (χ0) is 13.1. The Morgan fingerprint density at radius 3 is 2.61 bits per heavy atom. The Labute approximate surface area is 115 Å². The van der Waals surface area contributed by atoms with Gasteiger partial charge in [0, 0.05) is 0 Å². The van der Waals surface area contributed by atoms with E-state index in [-0.39, 0.29) is 0 Å². The minimum absolute atomic E-state index is 1.28. The zero-order valence-corrected chi connectivity index (χ0v) is 12.6. The minimum atomic E-state index is 1.28. The van der Waals surface area contributed by atoms with Crippen LogP contribution in [0.2, 0.25) is 0 Å². The summed E-state index contributed by atoms with van der Waals surface area (Å²) in [6.07, 6.45) is 21.4. The van der Waals surface area contributed by atoms with Gasteiger partial charge in [0.25, 0.3) is 0 Å². The van der Waals surface area contributed by atoms with Crippen LogP contribution in [0.5, 0.6) is 0 Å². The van der Waals surface area contributed by atoms with Crippen LogP contribution < -0.4 is 0 Å². The van der Waals surface area contributed by atoms with Crippen molar-refractivity contribution in [1.82, 2.24) is 0 Å². The van der Waals surface area contributed by atoms with Crippen molar-refractivity contribution in [2.24, 2.45) is 0 Å². The number of unbranched alkanes of at least 4 members (excludes halogenated alkanes) is 3. The van der Waals surface area contributed by atoms with Gasteiger partial charge in [-0.05, 0) is 56.1 Å². The van der Waals surface area contributed by atoms with Gasteiger partial charge < -0.3 is 0 Å². The molecule has 0 saturated heterocycles. The molecule has 0 fully saturated rings. The summed E-state index contributed by atoms with van der Waals surface area (Å²) < 4.78 is 0. The van der Waals surface area contributed by atoms with Crippen LogP contribution in [0.15, 0.2) is 23.3 Å². The van der Waals surface area contributed by atoms with E-state index < -0.39 is 0 Å². The van der Waals surface area contributed by atoms with Crippen LogP contribution in [-0.2, 0) is 0 Å². The molecule has 0 aromatic carbocycles. The molecular weight excluding hydrogens is 216 g/mol. The van der Waals surface area contributed by atoms with Crippen molar-refractivity contribution in [2.45, 2.75) is 90.9 Å². The standard InChI is InChI=1S/C18H32/c1-3-5-10-14-17(13-6-4-2)18-15-11-8-7-9-12-16-18/h14-15H,3-13,16H2,1-2H3/b17-14+,18-15+. The first-order valence-corrected chi connectivity index (χ1v) is 8.27. The minimum Gasteiger partial charge on any atom is -0.0811 e. The average Bonchev–Trinajstić information content (AvgIpc) is 2.34. The monoisotopic (exact) mass is 248 g/mol. The van der Waals surface area contributed by atoms with Crippen LogP contribution in [0.3, 0.4) is 0 Å². The van der Waals surface area contributed by atoms with E-state index in [1.54, 1.807) is 11.1 Å². The van der Waals surface area contributed by atoms with Gasteiger partial charge in [0.1, 0.15) is 0 Å². The molecule has 1 aliphatic rings. The quantitative estimate of drug-likeness (QED) is 0.447. The molecule has 0 aromatic rings. The SMILES string of the molecule is CCCC/C=C(CCCC)/C1=C/CCCCCC1. The summed E-state index contributed by atoms with van der Waals surface area (Å²) in [7, 11) is 0. The third kappa shape index (κ3) is 6.42. The summed E-state index contributed by atoms with van der Waals surface area (Å²) in [5.41, 5.74) is 3.38. The highest BCUT2D eigenvalue weighted by Gasteiger charge is 2.07. The van der Waals surface area contributed by atoms with Gasteiger partial charge in [-0.3, -0.25) is 0 Å². The zero-order valence-electron chi connectivity index (χ0n) is 12.6. The molecule has 18 heavy (non-hydrogen) atoms. The molecule has 0 amide bonds. The molecule has 0 N–H and O–H groups in total. The van der Waals surface area contributed by atoms with E-state index in [1.165, 1.54) is 77.0 Å². The normalized spacial score (nSPS) is 21.0. The van der Waals surface area contributed by atoms with E-state index in [0.717, 1.165) is 0 Å². The van der Waals surface area contributed by atoms with E-state index in [2.05, 4.69) is 26.0 Å². The second-order valence-corrected chi connectivity index (χ2v) is 5.66. The highest BCUT2D eigenvalue weighted by Crippen LogP contribution is 2.26. The fourth-order valence-electron chi connectivity index (χ4n) is 2.72.